The maximum absolute atomic E-state index is 12.6. The van der Waals surface area contributed by atoms with E-state index in [0.29, 0.717) is 12.0 Å². The fourth-order valence-electron chi connectivity index (χ4n) is 6.73. The average Bonchev–Trinajstić information content (AvgIpc) is 3.61. The number of allylic oxidation sites excluding steroid dienone is 1. The van der Waals surface area contributed by atoms with Crippen molar-refractivity contribution in [1.82, 2.24) is 0 Å². The third-order valence-corrected chi connectivity index (χ3v) is 8.74. The minimum Gasteiger partial charge on any atom is -0.459 e. The van der Waals surface area contributed by atoms with Gasteiger partial charge in [-0.1, -0.05) is 37.3 Å². The predicted octanol–water partition coefficient (Wildman–Crippen LogP) is 4.83. The average molecular weight is 441 g/mol. The van der Waals surface area contributed by atoms with Crippen LogP contribution in [0.3, 0.4) is 0 Å². The third kappa shape index (κ3) is 3.53. The highest BCUT2D eigenvalue weighted by molar-refractivity contribution is 5.89. The lowest BCUT2D eigenvalue weighted by Crippen LogP contribution is -2.46. The van der Waals surface area contributed by atoms with Crippen LogP contribution in [0.2, 0.25) is 0 Å². The molecule has 2 heterocycles. The lowest BCUT2D eigenvalue weighted by Gasteiger charge is -2.37. The Labute approximate surface area is 191 Å². The number of fused-ring (bicyclic) bond motifs is 1. The first-order chi connectivity index (χ1) is 15.1. The van der Waals surface area contributed by atoms with Crippen LogP contribution >= 0.6 is 0 Å². The van der Waals surface area contributed by atoms with Crippen molar-refractivity contribution in [3.05, 3.63) is 48.0 Å². The number of esters is 1. The molecule has 5 heteroatoms. The Hall–Kier alpha value is -1.69. The van der Waals surface area contributed by atoms with Gasteiger partial charge in [-0.25, -0.2) is 4.79 Å². The van der Waals surface area contributed by atoms with Gasteiger partial charge in [-0.05, 0) is 69.9 Å². The van der Waals surface area contributed by atoms with Gasteiger partial charge in [0.05, 0.1) is 23.4 Å². The summed E-state index contributed by atoms with van der Waals surface area (Å²) in [6.07, 6.45) is 6.62. The van der Waals surface area contributed by atoms with Crippen molar-refractivity contribution in [3.63, 3.8) is 0 Å². The van der Waals surface area contributed by atoms with Crippen molar-refractivity contribution in [2.75, 3.05) is 6.61 Å². The summed E-state index contributed by atoms with van der Waals surface area (Å²) in [7, 11) is 0. The van der Waals surface area contributed by atoms with Crippen LogP contribution in [0.15, 0.2) is 42.5 Å². The van der Waals surface area contributed by atoms with E-state index in [2.05, 4.69) is 13.5 Å². The van der Waals surface area contributed by atoms with Gasteiger partial charge in [0.25, 0.3) is 0 Å². The van der Waals surface area contributed by atoms with E-state index >= 15 is 0 Å². The number of rotatable bonds is 4. The smallest absolute Gasteiger partial charge is 0.338 e. The van der Waals surface area contributed by atoms with Crippen LogP contribution in [-0.2, 0) is 14.2 Å². The van der Waals surface area contributed by atoms with Gasteiger partial charge in [0.15, 0.2) is 0 Å². The van der Waals surface area contributed by atoms with Gasteiger partial charge in [0.1, 0.15) is 17.8 Å². The van der Waals surface area contributed by atoms with E-state index < -0.39 is 11.2 Å². The number of hydrogen-bond acceptors (Lipinski definition) is 5. The van der Waals surface area contributed by atoms with Gasteiger partial charge in [-0.3, -0.25) is 0 Å². The summed E-state index contributed by atoms with van der Waals surface area (Å²) in [5.41, 5.74) is 0.149. The molecule has 1 aromatic rings. The summed E-state index contributed by atoms with van der Waals surface area (Å²) in [6.45, 7) is 10.7. The van der Waals surface area contributed by atoms with Gasteiger partial charge >= 0.3 is 5.97 Å². The van der Waals surface area contributed by atoms with E-state index in [4.69, 9.17) is 14.2 Å². The fourth-order valence-corrected chi connectivity index (χ4v) is 6.73. The van der Waals surface area contributed by atoms with Gasteiger partial charge in [0.2, 0.25) is 0 Å². The summed E-state index contributed by atoms with van der Waals surface area (Å²) >= 11 is 0. The second-order valence-corrected chi connectivity index (χ2v) is 11.3. The minimum absolute atomic E-state index is 0.00189. The first-order valence-electron chi connectivity index (χ1n) is 12.1. The number of epoxide rings is 2. The van der Waals surface area contributed by atoms with Crippen LogP contribution in [-0.4, -0.2) is 46.7 Å². The molecular formula is C27H36O5. The molecule has 4 aliphatic rings. The normalized spacial score (nSPS) is 41.0. The largest absolute Gasteiger partial charge is 0.459 e. The number of ether oxygens (including phenoxy) is 3. The molecule has 174 valence electrons. The molecule has 4 fully saturated rings. The van der Waals surface area contributed by atoms with Crippen LogP contribution in [0.4, 0.5) is 0 Å². The first kappa shape index (κ1) is 22.1. The predicted molar refractivity (Wildman–Crippen MR) is 121 cm³/mol. The van der Waals surface area contributed by atoms with Gasteiger partial charge in [0, 0.05) is 12.3 Å². The SMILES string of the molecule is C=C1CC[C@@H]2O[C@]2(COC(=O)c2ccccc2)C[C@H]2O[C@@]23[C@H](C(C)(C)O)CC[C@@]3(C)CC1. The zero-order valence-electron chi connectivity index (χ0n) is 19.6. The van der Waals surface area contributed by atoms with Crippen molar-refractivity contribution >= 4 is 5.97 Å². The van der Waals surface area contributed by atoms with Gasteiger partial charge < -0.3 is 19.3 Å². The molecule has 2 saturated heterocycles. The van der Waals surface area contributed by atoms with Gasteiger partial charge in [-0.2, -0.15) is 0 Å². The van der Waals surface area contributed by atoms with Crippen molar-refractivity contribution in [1.29, 1.82) is 0 Å². The van der Waals surface area contributed by atoms with Crippen molar-refractivity contribution in [2.45, 2.75) is 94.7 Å². The third-order valence-electron chi connectivity index (χ3n) is 8.74. The standard InChI is InChI=1S/C27H36O5/c1-18-10-11-21-26(31-21,17-30-23(28)19-8-6-5-7-9-19)16-22-27(32-22)20(24(2,3)29)13-15-25(27,4)14-12-18/h5-9,20-22,29H,1,10-17H2,2-4H3/t20-,21-,22+,25+,26-,27-/m0/s1. The van der Waals surface area contributed by atoms with Crippen LogP contribution < -0.4 is 0 Å². The Morgan fingerprint density at radius 1 is 1.16 bits per heavy atom. The first-order valence-corrected chi connectivity index (χ1v) is 12.1. The zero-order valence-corrected chi connectivity index (χ0v) is 19.6. The summed E-state index contributed by atoms with van der Waals surface area (Å²) in [5.74, 6) is -0.236. The molecule has 5 rings (SSSR count). The molecule has 0 unspecified atom stereocenters. The molecule has 0 bridgehead atoms. The molecule has 32 heavy (non-hydrogen) atoms. The number of carbonyl (C=O) groups is 1. The molecule has 0 aromatic heterocycles. The zero-order chi connectivity index (χ0) is 22.8. The number of hydrogen-bond donors (Lipinski definition) is 1. The highest BCUT2D eigenvalue weighted by Gasteiger charge is 2.77. The van der Waals surface area contributed by atoms with Crippen LogP contribution in [0.1, 0.15) is 76.1 Å². The van der Waals surface area contributed by atoms with E-state index in [1.807, 2.05) is 32.0 Å². The quantitative estimate of drug-likeness (QED) is 0.413. The molecule has 1 spiro atoms. The monoisotopic (exact) mass is 440 g/mol. The Kier molecular flexibility index (Phi) is 5.12. The summed E-state index contributed by atoms with van der Waals surface area (Å²) in [6, 6.07) is 9.09. The van der Waals surface area contributed by atoms with Gasteiger partial charge in [-0.15, -0.1) is 0 Å². The molecule has 6 atom stereocenters. The lowest BCUT2D eigenvalue weighted by atomic mass is 9.67. The Morgan fingerprint density at radius 3 is 2.62 bits per heavy atom. The second kappa shape index (κ2) is 7.41. The highest BCUT2D eigenvalue weighted by Crippen LogP contribution is 2.69. The summed E-state index contributed by atoms with van der Waals surface area (Å²) in [5, 5.41) is 11.0. The van der Waals surface area contributed by atoms with Crippen LogP contribution in [0, 0.1) is 11.3 Å². The van der Waals surface area contributed by atoms with Crippen molar-refractivity contribution in [2.24, 2.45) is 11.3 Å². The van der Waals surface area contributed by atoms with Crippen molar-refractivity contribution < 1.29 is 24.1 Å². The van der Waals surface area contributed by atoms with E-state index in [0.717, 1.165) is 38.5 Å². The molecular weight excluding hydrogens is 404 g/mol. The molecule has 2 aliphatic carbocycles. The van der Waals surface area contributed by atoms with E-state index in [-0.39, 0.29) is 41.7 Å². The number of carbonyl (C=O) groups excluding carboxylic acids is 1. The molecule has 5 nitrogen and oxygen atoms in total. The van der Waals surface area contributed by atoms with Crippen LogP contribution in [0.5, 0.6) is 0 Å². The van der Waals surface area contributed by atoms with Crippen molar-refractivity contribution in [3.8, 4) is 0 Å². The minimum atomic E-state index is -0.805. The van der Waals surface area contributed by atoms with E-state index in [9.17, 15) is 9.90 Å². The Bertz CT molecular complexity index is 904. The Balaban J connectivity index is 1.39. The topological polar surface area (TPSA) is 71.6 Å². The maximum atomic E-state index is 12.6. The van der Waals surface area contributed by atoms with Crippen LogP contribution in [0.25, 0.3) is 0 Å². The molecule has 0 radical (unpaired) electrons. The fraction of sp³-hybridized carbons (Fsp3) is 0.667. The lowest BCUT2D eigenvalue weighted by molar-refractivity contribution is -0.0299. The molecule has 0 amide bonds. The molecule has 1 aromatic carbocycles. The molecule has 1 N–H and O–H groups in total. The highest BCUT2D eigenvalue weighted by atomic mass is 16.7. The molecule has 2 aliphatic heterocycles. The van der Waals surface area contributed by atoms with E-state index in [1.165, 1.54) is 5.57 Å². The number of benzene rings is 1. The molecule has 2 saturated carbocycles. The maximum Gasteiger partial charge on any atom is 0.338 e. The Morgan fingerprint density at radius 2 is 1.91 bits per heavy atom. The summed E-state index contributed by atoms with van der Waals surface area (Å²) in [4.78, 5) is 12.6. The second-order valence-electron chi connectivity index (χ2n) is 11.3. The summed E-state index contributed by atoms with van der Waals surface area (Å²) < 4.78 is 18.6. The number of aliphatic hydroxyl groups is 1. The van der Waals surface area contributed by atoms with E-state index in [1.54, 1.807) is 12.1 Å².